The zero-order valence-electron chi connectivity index (χ0n) is 20.3. The van der Waals surface area contributed by atoms with Gasteiger partial charge in [0.05, 0.1) is 10.5 Å². The van der Waals surface area contributed by atoms with Crippen LogP contribution in [0.25, 0.3) is 11.1 Å². The van der Waals surface area contributed by atoms with Crippen LogP contribution >= 0.6 is 11.6 Å². The summed E-state index contributed by atoms with van der Waals surface area (Å²) in [5.74, 6) is -1.02. The van der Waals surface area contributed by atoms with Crippen LogP contribution in [0.5, 0.6) is 0 Å². The van der Waals surface area contributed by atoms with Crippen molar-refractivity contribution in [2.75, 3.05) is 19.3 Å². The maximum Gasteiger partial charge on any atom is 0.416 e. The Morgan fingerprint density at radius 3 is 2.24 bits per heavy atom. The van der Waals surface area contributed by atoms with Crippen LogP contribution in [0.15, 0.2) is 58.8 Å². The highest BCUT2D eigenvalue weighted by molar-refractivity contribution is 7.93. The quantitative estimate of drug-likeness (QED) is 0.472. The van der Waals surface area contributed by atoms with E-state index in [4.69, 9.17) is 11.6 Å². The first kappa shape index (κ1) is 30.1. The number of hydrogen-bond donors (Lipinski definition) is 1. The van der Waals surface area contributed by atoms with Crippen LogP contribution in [0.3, 0.4) is 0 Å². The Morgan fingerprint density at radius 2 is 1.68 bits per heavy atom. The lowest BCUT2D eigenvalue weighted by Gasteiger charge is -2.35. The minimum absolute atomic E-state index is 0.0420. The van der Waals surface area contributed by atoms with E-state index in [1.807, 2.05) is 0 Å². The highest BCUT2D eigenvalue weighted by Crippen LogP contribution is 2.40. The standard InChI is InChI=1S/C24H25ClF4N2O5S2/c1-16(9-14-37(2,33)34)30-22(32)23(26)10-12-31(13-11-23)38(35,36)21-8-7-17(24(27,28)29)15-19(21)18-5-3-4-6-20(18)25/h3-9,14-16H,10-13H2,1-2H3,(H,30,32)/b14-9-/t16-/m1/s1. The van der Waals surface area contributed by atoms with Gasteiger partial charge in [-0.1, -0.05) is 35.9 Å². The predicted octanol–water partition coefficient (Wildman–Crippen LogP) is 4.58. The molecule has 7 nitrogen and oxygen atoms in total. The summed E-state index contributed by atoms with van der Waals surface area (Å²) in [4.78, 5) is 12.1. The van der Waals surface area contributed by atoms with E-state index in [1.165, 1.54) is 31.2 Å². The second-order valence-corrected chi connectivity index (χ2v) is 13.2. The van der Waals surface area contributed by atoms with Crippen molar-refractivity contribution in [1.29, 1.82) is 0 Å². The molecule has 3 rings (SSSR count). The second-order valence-electron chi connectivity index (χ2n) is 8.98. The van der Waals surface area contributed by atoms with E-state index < -0.39 is 80.0 Å². The van der Waals surface area contributed by atoms with Gasteiger partial charge in [0.1, 0.15) is 0 Å². The van der Waals surface area contributed by atoms with Gasteiger partial charge in [0, 0.05) is 59.8 Å². The molecular formula is C24H25ClF4N2O5S2. The number of rotatable bonds is 7. The lowest BCUT2D eigenvalue weighted by Crippen LogP contribution is -2.53. The Bertz CT molecular complexity index is 1450. The average molecular weight is 597 g/mol. The van der Waals surface area contributed by atoms with Gasteiger partial charge in [-0.3, -0.25) is 4.79 Å². The van der Waals surface area contributed by atoms with Gasteiger partial charge in [0.2, 0.25) is 10.0 Å². The van der Waals surface area contributed by atoms with Gasteiger partial charge in [0.25, 0.3) is 5.91 Å². The van der Waals surface area contributed by atoms with Crippen molar-refractivity contribution in [3.8, 4) is 11.1 Å². The first-order valence-corrected chi connectivity index (χ1v) is 15.1. The highest BCUT2D eigenvalue weighted by Gasteiger charge is 2.45. The van der Waals surface area contributed by atoms with Crippen molar-refractivity contribution < 1.29 is 39.2 Å². The summed E-state index contributed by atoms with van der Waals surface area (Å²) >= 11 is 6.17. The summed E-state index contributed by atoms with van der Waals surface area (Å²) in [5.41, 5.74) is -3.67. The molecule has 2 aromatic carbocycles. The SMILES string of the molecule is C[C@H](/C=C\S(C)(=O)=O)NC(=O)C1(F)CCN(S(=O)(=O)c2ccc(C(F)(F)F)cc2-c2ccccc2Cl)CC1. The van der Waals surface area contributed by atoms with Crippen LogP contribution < -0.4 is 5.32 Å². The summed E-state index contributed by atoms with van der Waals surface area (Å²) in [6.07, 6.45) is -3.63. The Balaban J connectivity index is 1.87. The molecule has 0 radical (unpaired) electrons. The number of benzene rings is 2. The summed E-state index contributed by atoms with van der Waals surface area (Å²) in [6.45, 7) is 0.620. The number of sulfone groups is 1. The number of amides is 1. The fourth-order valence-corrected chi connectivity index (χ4v) is 6.30. The van der Waals surface area contributed by atoms with Crippen molar-refractivity contribution in [3.05, 3.63) is 64.5 Å². The Morgan fingerprint density at radius 1 is 1.08 bits per heavy atom. The van der Waals surface area contributed by atoms with Gasteiger partial charge in [0.15, 0.2) is 15.5 Å². The van der Waals surface area contributed by atoms with Crippen LogP contribution in [0.4, 0.5) is 17.6 Å². The third kappa shape index (κ3) is 6.93. The molecule has 1 amide bonds. The van der Waals surface area contributed by atoms with E-state index in [-0.39, 0.29) is 16.1 Å². The maximum absolute atomic E-state index is 15.4. The first-order chi connectivity index (χ1) is 17.4. The number of halogens is 5. The zero-order valence-corrected chi connectivity index (χ0v) is 22.7. The molecule has 0 bridgehead atoms. The Labute approximate surface area is 223 Å². The molecule has 1 saturated heterocycles. The van der Waals surface area contributed by atoms with Crippen molar-refractivity contribution in [1.82, 2.24) is 9.62 Å². The minimum atomic E-state index is -4.74. The van der Waals surface area contributed by atoms with Gasteiger partial charge in [-0.05, 0) is 31.2 Å². The van der Waals surface area contributed by atoms with E-state index in [0.717, 1.165) is 22.0 Å². The van der Waals surface area contributed by atoms with Gasteiger partial charge in [-0.2, -0.15) is 17.5 Å². The molecule has 1 fully saturated rings. The van der Waals surface area contributed by atoms with Crippen LogP contribution in [0.2, 0.25) is 5.02 Å². The first-order valence-electron chi connectivity index (χ1n) is 11.3. The lowest BCUT2D eigenvalue weighted by atomic mass is 9.93. The van der Waals surface area contributed by atoms with Crippen LogP contribution in [0, 0.1) is 0 Å². The average Bonchev–Trinajstić information content (AvgIpc) is 2.82. The Kier molecular flexibility index (Phi) is 8.66. The van der Waals surface area contributed by atoms with Crippen molar-refractivity contribution >= 4 is 37.4 Å². The van der Waals surface area contributed by atoms with Gasteiger partial charge >= 0.3 is 6.18 Å². The van der Waals surface area contributed by atoms with Crippen molar-refractivity contribution in [2.45, 2.75) is 42.5 Å². The summed E-state index contributed by atoms with van der Waals surface area (Å²) < 4.78 is 106. The number of hydrogen-bond acceptors (Lipinski definition) is 5. The van der Waals surface area contributed by atoms with Crippen LogP contribution in [-0.4, -0.2) is 58.1 Å². The van der Waals surface area contributed by atoms with Crippen molar-refractivity contribution in [3.63, 3.8) is 0 Å². The zero-order chi connectivity index (χ0) is 28.5. The second kappa shape index (κ2) is 10.9. The topological polar surface area (TPSA) is 101 Å². The predicted molar refractivity (Wildman–Crippen MR) is 135 cm³/mol. The molecule has 0 saturated carbocycles. The number of carbonyl (C=O) groups excluding carboxylic acids is 1. The summed E-state index contributed by atoms with van der Waals surface area (Å²) in [6, 6.07) is 7.24. The summed E-state index contributed by atoms with van der Waals surface area (Å²) in [5, 5.41) is 3.27. The molecular weight excluding hydrogens is 572 g/mol. The van der Waals surface area contributed by atoms with E-state index in [1.54, 1.807) is 6.07 Å². The van der Waals surface area contributed by atoms with E-state index in [9.17, 15) is 34.8 Å². The molecule has 1 heterocycles. The molecule has 1 N–H and O–H groups in total. The number of alkyl halides is 4. The molecule has 1 aliphatic rings. The molecule has 208 valence electrons. The number of carbonyl (C=O) groups is 1. The fraction of sp³-hybridized carbons (Fsp3) is 0.375. The number of sulfonamides is 1. The monoisotopic (exact) mass is 596 g/mol. The fourth-order valence-electron chi connectivity index (χ4n) is 3.91. The number of piperidine rings is 1. The molecule has 0 aromatic heterocycles. The largest absolute Gasteiger partial charge is 0.416 e. The van der Waals surface area contributed by atoms with Gasteiger partial charge in [-0.25, -0.2) is 21.2 Å². The maximum atomic E-state index is 15.4. The molecule has 1 atom stereocenters. The number of nitrogens with zero attached hydrogens (tertiary/aromatic N) is 1. The van der Waals surface area contributed by atoms with E-state index >= 15 is 4.39 Å². The Hall–Kier alpha value is -2.48. The third-order valence-corrected chi connectivity index (χ3v) is 8.92. The van der Waals surface area contributed by atoms with Gasteiger partial charge in [-0.15, -0.1) is 0 Å². The van der Waals surface area contributed by atoms with Crippen molar-refractivity contribution in [2.24, 2.45) is 0 Å². The van der Waals surface area contributed by atoms with E-state index in [0.29, 0.717) is 12.1 Å². The molecule has 1 aliphatic heterocycles. The van der Waals surface area contributed by atoms with E-state index in [2.05, 4.69) is 5.32 Å². The molecule has 0 aliphatic carbocycles. The van der Waals surface area contributed by atoms with Crippen LogP contribution in [0.1, 0.15) is 25.3 Å². The molecule has 0 unspecified atom stereocenters. The minimum Gasteiger partial charge on any atom is -0.347 e. The molecule has 0 spiro atoms. The highest BCUT2D eigenvalue weighted by atomic mass is 35.5. The molecule has 2 aromatic rings. The molecule has 14 heteroatoms. The lowest BCUT2D eigenvalue weighted by molar-refractivity contribution is -0.137. The summed E-state index contributed by atoms with van der Waals surface area (Å²) in [7, 11) is -7.86. The number of nitrogens with one attached hydrogen (secondary N) is 1. The third-order valence-electron chi connectivity index (χ3n) is 5.98. The molecule has 38 heavy (non-hydrogen) atoms. The normalized spacial score (nSPS) is 17.9. The van der Waals surface area contributed by atoms with Gasteiger partial charge < -0.3 is 5.32 Å². The smallest absolute Gasteiger partial charge is 0.347 e. The van der Waals surface area contributed by atoms with Crippen LogP contribution in [-0.2, 0) is 30.8 Å².